The minimum atomic E-state index is 0. The molecule has 0 aliphatic carbocycles. The number of hydrogen-bond donors (Lipinski definition) is 2. The zero-order valence-electron chi connectivity index (χ0n) is 14.6. The second-order valence-corrected chi connectivity index (χ2v) is 5.40. The smallest absolute Gasteiger partial charge is 0.191 e. The van der Waals surface area contributed by atoms with Crippen LogP contribution in [0.25, 0.3) is 0 Å². The van der Waals surface area contributed by atoms with E-state index in [9.17, 15) is 0 Å². The van der Waals surface area contributed by atoms with Crippen LogP contribution in [0.3, 0.4) is 0 Å². The summed E-state index contributed by atoms with van der Waals surface area (Å²) < 4.78 is 5.31. The van der Waals surface area contributed by atoms with Gasteiger partial charge < -0.3 is 15.4 Å². The number of rotatable bonds is 10. The molecule has 0 aromatic heterocycles. The van der Waals surface area contributed by atoms with Gasteiger partial charge in [0.25, 0.3) is 0 Å². The van der Waals surface area contributed by atoms with Crippen LogP contribution in [0.15, 0.2) is 4.99 Å². The fraction of sp³-hybridized carbons (Fsp3) is 0.933. The molecule has 21 heavy (non-hydrogen) atoms. The third kappa shape index (κ3) is 12.2. The molecule has 0 radical (unpaired) electrons. The summed E-state index contributed by atoms with van der Waals surface area (Å²) in [6.07, 6.45) is 0.999. The van der Waals surface area contributed by atoms with Gasteiger partial charge in [0.15, 0.2) is 5.96 Å². The first-order valence-corrected chi connectivity index (χ1v) is 7.80. The summed E-state index contributed by atoms with van der Waals surface area (Å²) in [6.45, 7) is 15.4. The standard InChI is InChI=1S/C15H34N4O.HI/c1-7-20-12-8-9-17-15(16-6)18-10-11-19(13(2)3)14(4)5;/h13-14H,7-12H2,1-6H3,(H2,16,17,18);1H. The molecule has 0 fully saturated rings. The molecule has 6 heteroatoms. The summed E-state index contributed by atoms with van der Waals surface area (Å²) in [5.41, 5.74) is 0. The predicted octanol–water partition coefficient (Wildman–Crippen LogP) is 2.31. The van der Waals surface area contributed by atoms with E-state index in [1.807, 2.05) is 6.92 Å². The highest BCUT2D eigenvalue weighted by Crippen LogP contribution is 2.03. The van der Waals surface area contributed by atoms with Gasteiger partial charge in [0.1, 0.15) is 0 Å². The maximum absolute atomic E-state index is 5.31. The highest BCUT2D eigenvalue weighted by molar-refractivity contribution is 14.0. The molecule has 0 amide bonds. The van der Waals surface area contributed by atoms with E-state index in [0.717, 1.165) is 45.2 Å². The average molecular weight is 414 g/mol. The lowest BCUT2D eigenvalue weighted by atomic mass is 10.2. The first-order chi connectivity index (χ1) is 9.52. The van der Waals surface area contributed by atoms with E-state index in [2.05, 4.69) is 48.2 Å². The largest absolute Gasteiger partial charge is 0.382 e. The van der Waals surface area contributed by atoms with Crippen LogP contribution >= 0.6 is 24.0 Å². The van der Waals surface area contributed by atoms with Crippen LogP contribution in [0.1, 0.15) is 41.0 Å². The van der Waals surface area contributed by atoms with Gasteiger partial charge in [0, 0.05) is 52.0 Å². The van der Waals surface area contributed by atoms with E-state index in [0.29, 0.717) is 12.1 Å². The van der Waals surface area contributed by atoms with Crippen molar-refractivity contribution >= 4 is 29.9 Å². The minimum absolute atomic E-state index is 0. The van der Waals surface area contributed by atoms with Crippen LogP contribution in [0.4, 0.5) is 0 Å². The molecular formula is C15H35IN4O. The molecule has 0 saturated heterocycles. The molecule has 5 nitrogen and oxygen atoms in total. The second kappa shape index (κ2) is 14.8. The Morgan fingerprint density at radius 1 is 1.10 bits per heavy atom. The van der Waals surface area contributed by atoms with Gasteiger partial charge in [-0.3, -0.25) is 9.89 Å². The van der Waals surface area contributed by atoms with Crippen molar-refractivity contribution in [2.24, 2.45) is 4.99 Å². The predicted molar refractivity (Wildman–Crippen MR) is 103 cm³/mol. The van der Waals surface area contributed by atoms with Crippen LogP contribution in [-0.4, -0.2) is 62.8 Å². The van der Waals surface area contributed by atoms with Crippen molar-refractivity contribution in [1.82, 2.24) is 15.5 Å². The van der Waals surface area contributed by atoms with Crippen LogP contribution in [0, 0.1) is 0 Å². The second-order valence-electron chi connectivity index (χ2n) is 5.40. The van der Waals surface area contributed by atoms with Gasteiger partial charge in [0.05, 0.1) is 0 Å². The van der Waals surface area contributed by atoms with E-state index in [4.69, 9.17) is 4.74 Å². The summed E-state index contributed by atoms with van der Waals surface area (Å²) in [7, 11) is 1.81. The number of halogens is 1. The normalized spacial score (nSPS) is 12.0. The number of ether oxygens (including phenoxy) is 1. The minimum Gasteiger partial charge on any atom is -0.382 e. The van der Waals surface area contributed by atoms with Crippen molar-refractivity contribution in [3.05, 3.63) is 0 Å². The van der Waals surface area contributed by atoms with Gasteiger partial charge >= 0.3 is 0 Å². The summed E-state index contributed by atoms with van der Waals surface area (Å²) in [4.78, 5) is 6.70. The lowest BCUT2D eigenvalue weighted by Gasteiger charge is -2.30. The molecular weight excluding hydrogens is 379 g/mol. The highest BCUT2D eigenvalue weighted by Gasteiger charge is 2.12. The maximum atomic E-state index is 5.31. The quantitative estimate of drug-likeness (QED) is 0.249. The Balaban J connectivity index is 0. The van der Waals surface area contributed by atoms with E-state index >= 15 is 0 Å². The fourth-order valence-electron chi connectivity index (χ4n) is 2.16. The monoisotopic (exact) mass is 414 g/mol. The number of hydrogen-bond acceptors (Lipinski definition) is 3. The van der Waals surface area contributed by atoms with Crippen molar-refractivity contribution in [2.45, 2.75) is 53.1 Å². The topological polar surface area (TPSA) is 48.9 Å². The summed E-state index contributed by atoms with van der Waals surface area (Å²) in [5.74, 6) is 0.869. The van der Waals surface area contributed by atoms with Gasteiger partial charge in [-0.1, -0.05) is 0 Å². The molecule has 128 valence electrons. The van der Waals surface area contributed by atoms with Crippen molar-refractivity contribution in [1.29, 1.82) is 0 Å². The molecule has 0 heterocycles. The Labute approximate surface area is 148 Å². The first kappa shape index (κ1) is 23.2. The van der Waals surface area contributed by atoms with E-state index < -0.39 is 0 Å². The fourth-order valence-corrected chi connectivity index (χ4v) is 2.16. The number of guanidine groups is 1. The van der Waals surface area contributed by atoms with Gasteiger partial charge in [0.2, 0.25) is 0 Å². The molecule has 0 spiro atoms. The number of nitrogens with zero attached hydrogens (tertiary/aromatic N) is 2. The summed E-state index contributed by atoms with van der Waals surface area (Å²) in [6, 6.07) is 1.14. The number of aliphatic imine (C=N–C) groups is 1. The average Bonchev–Trinajstić information content (AvgIpc) is 2.39. The molecule has 0 aliphatic rings. The molecule has 0 aromatic rings. The summed E-state index contributed by atoms with van der Waals surface area (Å²) >= 11 is 0. The molecule has 0 unspecified atom stereocenters. The van der Waals surface area contributed by atoms with E-state index in [1.54, 1.807) is 7.05 Å². The maximum Gasteiger partial charge on any atom is 0.191 e. The molecule has 0 saturated carbocycles. The lowest BCUT2D eigenvalue weighted by Crippen LogP contribution is -2.45. The third-order valence-electron chi connectivity index (χ3n) is 3.17. The third-order valence-corrected chi connectivity index (χ3v) is 3.17. The Bertz CT molecular complexity index is 252. The van der Waals surface area contributed by atoms with Crippen LogP contribution in [0.5, 0.6) is 0 Å². The van der Waals surface area contributed by atoms with Crippen molar-refractivity contribution < 1.29 is 4.74 Å². The zero-order chi connectivity index (χ0) is 15.4. The first-order valence-electron chi connectivity index (χ1n) is 7.80. The van der Waals surface area contributed by atoms with E-state index in [1.165, 1.54) is 0 Å². The molecule has 2 N–H and O–H groups in total. The highest BCUT2D eigenvalue weighted by atomic mass is 127. The Hall–Kier alpha value is -0.0800. The molecule has 0 atom stereocenters. The Kier molecular flexibility index (Phi) is 16.4. The Morgan fingerprint density at radius 2 is 1.67 bits per heavy atom. The van der Waals surface area contributed by atoms with Crippen LogP contribution in [-0.2, 0) is 4.74 Å². The van der Waals surface area contributed by atoms with Gasteiger partial charge in [-0.05, 0) is 41.0 Å². The summed E-state index contributed by atoms with van der Waals surface area (Å²) in [5, 5.41) is 6.66. The van der Waals surface area contributed by atoms with Crippen molar-refractivity contribution in [3.8, 4) is 0 Å². The van der Waals surface area contributed by atoms with Gasteiger partial charge in [-0.25, -0.2) is 0 Å². The van der Waals surface area contributed by atoms with Gasteiger partial charge in [-0.2, -0.15) is 0 Å². The molecule has 0 aromatic carbocycles. The van der Waals surface area contributed by atoms with E-state index in [-0.39, 0.29) is 24.0 Å². The molecule has 0 bridgehead atoms. The molecule has 0 rings (SSSR count). The van der Waals surface area contributed by atoms with Crippen molar-refractivity contribution in [2.75, 3.05) is 39.9 Å². The number of nitrogens with one attached hydrogen (secondary N) is 2. The van der Waals surface area contributed by atoms with Crippen LogP contribution in [0.2, 0.25) is 0 Å². The molecule has 0 aliphatic heterocycles. The SMILES string of the molecule is CCOCCCNC(=NC)NCCN(C(C)C)C(C)C.I. The van der Waals surface area contributed by atoms with Gasteiger partial charge in [-0.15, -0.1) is 24.0 Å². The zero-order valence-corrected chi connectivity index (χ0v) is 16.9. The van der Waals surface area contributed by atoms with Crippen LogP contribution < -0.4 is 10.6 Å². The van der Waals surface area contributed by atoms with Crippen molar-refractivity contribution in [3.63, 3.8) is 0 Å². The lowest BCUT2D eigenvalue weighted by molar-refractivity contribution is 0.145. The Morgan fingerprint density at radius 3 is 2.14 bits per heavy atom.